The van der Waals surface area contributed by atoms with E-state index in [-0.39, 0.29) is 40.2 Å². The molecular formula is C35H63N5O3. The molecule has 8 nitrogen and oxygen atoms in total. The molecule has 246 valence electrons. The van der Waals surface area contributed by atoms with Crippen LogP contribution in [0.3, 0.4) is 0 Å². The van der Waals surface area contributed by atoms with Gasteiger partial charge in [-0.25, -0.2) is 0 Å². The molecule has 4 unspecified atom stereocenters. The summed E-state index contributed by atoms with van der Waals surface area (Å²) in [6.07, 6.45) is 7.45. The molecule has 5 N–H and O–H groups in total. The average molecular weight is 602 g/mol. The number of hydrogen-bond acceptors (Lipinski definition) is 5. The Morgan fingerprint density at radius 3 is 1.95 bits per heavy atom. The maximum atomic E-state index is 14.3. The molecule has 1 aliphatic heterocycles. The van der Waals surface area contributed by atoms with E-state index < -0.39 is 29.4 Å². The van der Waals surface area contributed by atoms with Gasteiger partial charge in [-0.2, -0.15) is 0 Å². The van der Waals surface area contributed by atoms with Crippen LogP contribution in [0.4, 0.5) is 0 Å². The van der Waals surface area contributed by atoms with Crippen molar-refractivity contribution in [3.8, 4) is 0 Å². The van der Waals surface area contributed by atoms with Gasteiger partial charge in [0.05, 0.1) is 11.9 Å². The molecule has 3 amide bonds. The highest BCUT2D eigenvalue weighted by Gasteiger charge is 2.45. The van der Waals surface area contributed by atoms with Crippen LogP contribution in [0, 0.1) is 28.1 Å². The Bertz CT molecular complexity index is 1010. The third-order valence-electron chi connectivity index (χ3n) is 9.41. The standard InChI is InChI=1S/C35H63N5O3/c1-13-24-20-27(31(42)39-26(22(2)30(36)41)19-25-15-14-16-25)40(21-24)32(43)29(35(10,11)12)38-23(3)37-28(34(7,8)9)17-18-33(4,5)6/h24-29,37-38H,2-3,13-21H2,1,4-12H3,(H2,36,41)(H,39,42)/t24-,26?,27?,28?,29?/m1/s1. The lowest BCUT2D eigenvalue weighted by atomic mass is 9.79. The number of nitrogens with one attached hydrogen (secondary N) is 3. The molecular weight excluding hydrogens is 538 g/mol. The molecule has 0 aromatic heterocycles. The zero-order chi connectivity index (χ0) is 32.9. The monoisotopic (exact) mass is 601 g/mol. The molecule has 1 saturated carbocycles. The molecule has 8 heteroatoms. The number of primary amides is 1. The average Bonchev–Trinajstić information content (AvgIpc) is 3.28. The highest BCUT2D eigenvalue weighted by Crippen LogP contribution is 2.34. The molecule has 1 aliphatic carbocycles. The Morgan fingerprint density at radius 2 is 1.51 bits per heavy atom. The van der Waals surface area contributed by atoms with Gasteiger partial charge in [0.25, 0.3) is 0 Å². The van der Waals surface area contributed by atoms with E-state index in [1.165, 1.54) is 0 Å². The van der Waals surface area contributed by atoms with E-state index in [9.17, 15) is 14.4 Å². The Hall–Kier alpha value is -2.51. The maximum Gasteiger partial charge on any atom is 0.246 e. The third kappa shape index (κ3) is 10.9. The summed E-state index contributed by atoms with van der Waals surface area (Å²) in [4.78, 5) is 41.9. The first-order valence-corrected chi connectivity index (χ1v) is 16.5. The Morgan fingerprint density at radius 1 is 0.907 bits per heavy atom. The molecule has 43 heavy (non-hydrogen) atoms. The molecule has 2 rings (SSSR count). The number of carbonyl (C=O) groups is 3. The van der Waals surface area contributed by atoms with Crippen molar-refractivity contribution >= 4 is 17.7 Å². The Kier molecular flexibility index (Phi) is 12.4. The van der Waals surface area contributed by atoms with E-state index in [1.807, 2.05) is 20.8 Å². The van der Waals surface area contributed by atoms with Crippen molar-refractivity contribution in [3.05, 3.63) is 24.6 Å². The molecule has 0 bridgehead atoms. The summed E-state index contributed by atoms with van der Waals surface area (Å²) in [5.41, 5.74) is 5.57. The largest absolute Gasteiger partial charge is 0.369 e. The van der Waals surface area contributed by atoms with Crippen LogP contribution in [0.1, 0.15) is 121 Å². The number of carbonyl (C=O) groups excluding carboxylic acids is 3. The van der Waals surface area contributed by atoms with E-state index in [1.54, 1.807) is 4.90 Å². The fourth-order valence-electron chi connectivity index (χ4n) is 6.04. The van der Waals surface area contributed by atoms with E-state index in [0.29, 0.717) is 31.1 Å². The molecule has 0 aromatic carbocycles. The lowest BCUT2D eigenvalue weighted by Crippen LogP contribution is -2.58. The van der Waals surface area contributed by atoms with Crippen LogP contribution in [0.25, 0.3) is 0 Å². The summed E-state index contributed by atoms with van der Waals surface area (Å²) < 4.78 is 0. The second kappa shape index (κ2) is 14.5. The lowest BCUT2D eigenvalue weighted by molar-refractivity contribution is -0.142. The summed E-state index contributed by atoms with van der Waals surface area (Å²) >= 11 is 0. The van der Waals surface area contributed by atoms with Crippen LogP contribution < -0.4 is 21.7 Å². The zero-order valence-corrected chi connectivity index (χ0v) is 29.0. The smallest absolute Gasteiger partial charge is 0.246 e. The second-order valence-corrected chi connectivity index (χ2v) is 16.6. The quantitative estimate of drug-likeness (QED) is 0.192. The zero-order valence-electron chi connectivity index (χ0n) is 29.0. The molecule has 1 heterocycles. The van der Waals surface area contributed by atoms with Crippen molar-refractivity contribution in [3.63, 3.8) is 0 Å². The molecule has 2 fully saturated rings. The van der Waals surface area contributed by atoms with Crippen LogP contribution in [0.2, 0.25) is 0 Å². The first kappa shape index (κ1) is 36.7. The summed E-state index contributed by atoms with van der Waals surface area (Å²) in [5, 5.41) is 10.1. The first-order chi connectivity index (χ1) is 19.6. The van der Waals surface area contributed by atoms with Crippen molar-refractivity contribution in [1.29, 1.82) is 0 Å². The topological polar surface area (TPSA) is 117 Å². The first-order valence-electron chi connectivity index (χ1n) is 16.5. The minimum Gasteiger partial charge on any atom is -0.369 e. The van der Waals surface area contributed by atoms with Gasteiger partial charge in [0.1, 0.15) is 12.1 Å². The lowest BCUT2D eigenvalue weighted by Gasteiger charge is -2.39. The van der Waals surface area contributed by atoms with Crippen molar-refractivity contribution in [2.45, 2.75) is 145 Å². The van der Waals surface area contributed by atoms with E-state index >= 15 is 0 Å². The fourth-order valence-corrected chi connectivity index (χ4v) is 6.04. The van der Waals surface area contributed by atoms with Crippen LogP contribution in [-0.4, -0.2) is 53.3 Å². The second-order valence-electron chi connectivity index (χ2n) is 16.6. The SMILES string of the molecule is C=C(NC(CCC(C)(C)C)C(C)(C)C)NC(C(=O)N1C[C@H](CC)CC1C(=O)NC(CC1CCC1)C(=C)C(N)=O)C(C)(C)C. The number of rotatable bonds is 14. The summed E-state index contributed by atoms with van der Waals surface area (Å²) in [5.74, 6) is 0.323. The van der Waals surface area contributed by atoms with Crippen LogP contribution in [-0.2, 0) is 14.4 Å². The third-order valence-corrected chi connectivity index (χ3v) is 9.41. The highest BCUT2D eigenvalue weighted by atomic mass is 16.2. The van der Waals surface area contributed by atoms with Crippen LogP contribution in [0.15, 0.2) is 24.6 Å². The molecule has 0 aromatic rings. The predicted molar refractivity (Wildman–Crippen MR) is 177 cm³/mol. The number of nitrogens with two attached hydrogens (primary N) is 1. The number of amides is 3. The van der Waals surface area contributed by atoms with Crippen molar-refractivity contribution in [1.82, 2.24) is 20.9 Å². The van der Waals surface area contributed by atoms with Crippen LogP contribution >= 0.6 is 0 Å². The summed E-state index contributed by atoms with van der Waals surface area (Å²) in [6.45, 7) is 30.3. The number of likely N-dealkylation sites (tertiary alicyclic amines) is 1. The number of nitrogens with zero attached hydrogens (tertiary/aromatic N) is 1. The van der Waals surface area contributed by atoms with Gasteiger partial charge in [0.2, 0.25) is 17.7 Å². The fraction of sp³-hybridized carbons (Fsp3) is 0.800. The normalized spacial score (nSPS) is 21.8. The van der Waals surface area contributed by atoms with Gasteiger partial charge in [-0.15, -0.1) is 0 Å². The Labute approximate surface area is 262 Å². The van der Waals surface area contributed by atoms with Gasteiger partial charge >= 0.3 is 0 Å². The van der Waals surface area contributed by atoms with E-state index in [0.717, 1.165) is 38.5 Å². The van der Waals surface area contributed by atoms with Crippen molar-refractivity contribution in [2.24, 2.45) is 33.8 Å². The van der Waals surface area contributed by atoms with Gasteiger partial charge in [0, 0.05) is 18.2 Å². The predicted octanol–water partition coefficient (Wildman–Crippen LogP) is 5.64. The van der Waals surface area contributed by atoms with Gasteiger partial charge in [-0.3, -0.25) is 14.4 Å². The van der Waals surface area contributed by atoms with Gasteiger partial charge in [-0.05, 0) is 53.8 Å². The van der Waals surface area contributed by atoms with Gasteiger partial charge in [-0.1, -0.05) is 108 Å². The summed E-state index contributed by atoms with van der Waals surface area (Å²) in [6, 6.07) is -1.56. The maximum absolute atomic E-state index is 14.3. The molecule has 0 spiro atoms. The number of hydrogen-bond donors (Lipinski definition) is 4. The minimum absolute atomic E-state index is 0.00542. The molecule has 2 aliphatic rings. The Balaban J connectivity index is 2.25. The molecule has 5 atom stereocenters. The van der Waals surface area contributed by atoms with Crippen molar-refractivity contribution in [2.75, 3.05) is 6.54 Å². The highest BCUT2D eigenvalue weighted by molar-refractivity contribution is 5.95. The molecule has 0 radical (unpaired) electrons. The van der Waals surface area contributed by atoms with Crippen LogP contribution in [0.5, 0.6) is 0 Å². The van der Waals surface area contributed by atoms with Crippen molar-refractivity contribution < 1.29 is 14.4 Å². The van der Waals surface area contributed by atoms with Gasteiger partial charge in [0.15, 0.2) is 0 Å². The summed E-state index contributed by atoms with van der Waals surface area (Å²) in [7, 11) is 0. The minimum atomic E-state index is -0.621. The van der Waals surface area contributed by atoms with E-state index in [4.69, 9.17) is 5.73 Å². The molecule has 1 saturated heterocycles. The van der Waals surface area contributed by atoms with E-state index in [2.05, 4.69) is 77.6 Å². The van der Waals surface area contributed by atoms with Gasteiger partial charge < -0.3 is 26.6 Å².